The Morgan fingerprint density at radius 1 is 1.16 bits per heavy atom. The van der Waals surface area contributed by atoms with Gasteiger partial charge in [-0.1, -0.05) is 0 Å². The summed E-state index contributed by atoms with van der Waals surface area (Å²) in [5.74, 6) is -1.48. The predicted octanol–water partition coefficient (Wildman–Crippen LogP) is 1.07. The Hall–Kier alpha value is -2.64. The molecule has 8 nitrogen and oxygen atoms in total. The highest BCUT2D eigenvalue weighted by atomic mass is 16.1. The van der Waals surface area contributed by atoms with Gasteiger partial charge in [0.15, 0.2) is 11.2 Å². The van der Waals surface area contributed by atoms with E-state index in [9.17, 15) is 19.2 Å². The van der Waals surface area contributed by atoms with Gasteiger partial charge in [-0.15, -0.1) is 0 Å². The minimum absolute atomic E-state index is 0.00994. The van der Waals surface area contributed by atoms with Gasteiger partial charge >= 0.3 is 0 Å². The Morgan fingerprint density at radius 3 is 2.44 bits per heavy atom. The van der Waals surface area contributed by atoms with Crippen molar-refractivity contribution in [3.05, 3.63) is 23.0 Å². The van der Waals surface area contributed by atoms with Crippen LogP contribution in [0.15, 0.2) is 17.4 Å². The van der Waals surface area contributed by atoms with Crippen LogP contribution in [0.2, 0.25) is 0 Å². The van der Waals surface area contributed by atoms with Gasteiger partial charge in [0.1, 0.15) is 17.3 Å². The van der Waals surface area contributed by atoms with Gasteiger partial charge in [-0.05, 0) is 33.1 Å². The van der Waals surface area contributed by atoms with Crippen molar-refractivity contribution in [3.8, 4) is 0 Å². The second kappa shape index (κ2) is 6.34. The fourth-order valence-corrected chi connectivity index (χ4v) is 4.22. The summed E-state index contributed by atoms with van der Waals surface area (Å²) in [6.45, 7) is 4.41. The maximum Gasteiger partial charge on any atom is 0.278 e. The van der Waals surface area contributed by atoms with E-state index in [1.165, 1.54) is 33.4 Å². The molecule has 2 heterocycles. The molecule has 2 aromatic rings. The zero-order valence-corrected chi connectivity index (χ0v) is 14.4. The van der Waals surface area contributed by atoms with E-state index in [1.54, 1.807) is 4.57 Å². The molecule has 132 valence electrons. The summed E-state index contributed by atoms with van der Waals surface area (Å²) < 4.78 is 1.70. The maximum absolute atomic E-state index is 12.3. The minimum atomic E-state index is -0.555. The lowest BCUT2D eigenvalue weighted by molar-refractivity contribution is -0.131. The third-order valence-corrected chi connectivity index (χ3v) is 5.06. The summed E-state index contributed by atoms with van der Waals surface area (Å²) in [6.07, 6.45) is 3.52. The Bertz CT molecular complexity index is 913. The first-order chi connectivity index (χ1) is 11.8. The van der Waals surface area contributed by atoms with Crippen LogP contribution in [-0.2, 0) is 14.4 Å². The van der Waals surface area contributed by atoms with Crippen LogP contribution < -0.4 is 5.56 Å². The van der Waals surface area contributed by atoms with Crippen molar-refractivity contribution in [1.29, 1.82) is 0 Å². The number of H-pyrrole nitrogens is 1. The normalized spacial score (nSPS) is 26.0. The SMILES string of the molecule is CC(=O)C[C@@H]1C[C@H](n2cnc3c(=O)[nH]cnc32)[C@H](C(C)=O)[C@@H]1C(C)=O. The number of rotatable bonds is 5. The summed E-state index contributed by atoms with van der Waals surface area (Å²) >= 11 is 0. The number of carbonyl (C=O) groups is 3. The van der Waals surface area contributed by atoms with Gasteiger partial charge in [-0.3, -0.25) is 14.4 Å². The molecule has 1 fully saturated rings. The molecule has 3 rings (SSSR count). The zero-order valence-electron chi connectivity index (χ0n) is 14.4. The molecule has 0 aliphatic heterocycles. The van der Waals surface area contributed by atoms with Crippen LogP contribution in [0.5, 0.6) is 0 Å². The van der Waals surface area contributed by atoms with Crippen molar-refractivity contribution in [2.75, 3.05) is 0 Å². The van der Waals surface area contributed by atoms with Crippen molar-refractivity contribution >= 4 is 28.5 Å². The number of ketones is 3. The second-order valence-electron chi connectivity index (χ2n) is 6.80. The molecule has 4 atom stereocenters. The maximum atomic E-state index is 12.3. The highest BCUT2D eigenvalue weighted by Crippen LogP contribution is 2.47. The topological polar surface area (TPSA) is 115 Å². The number of fused-ring (bicyclic) bond motifs is 1. The Labute approximate surface area is 143 Å². The molecule has 1 aliphatic rings. The van der Waals surface area contributed by atoms with Gasteiger partial charge in [0.25, 0.3) is 5.56 Å². The lowest BCUT2D eigenvalue weighted by Gasteiger charge is -2.23. The molecule has 0 aromatic carbocycles. The van der Waals surface area contributed by atoms with Crippen LogP contribution in [-0.4, -0.2) is 36.9 Å². The number of nitrogens with zero attached hydrogens (tertiary/aromatic N) is 3. The van der Waals surface area contributed by atoms with Gasteiger partial charge in [0.05, 0.1) is 12.7 Å². The summed E-state index contributed by atoms with van der Waals surface area (Å²) in [7, 11) is 0. The van der Waals surface area contributed by atoms with Crippen molar-refractivity contribution in [3.63, 3.8) is 0 Å². The highest BCUT2D eigenvalue weighted by molar-refractivity contribution is 5.89. The molecule has 2 aromatic heterocycles. The third-order valence-electron chi connectivity index (χ3n) is 5.06. The van der Waals surface area contributed by atoms with Gasteiger partial charge < -0.3 is 14.3 Å². The van der Waals surface area contributed by atoms with Crippen molar-refractivity contribution in [2.24, 2.45) is 17.8 Å². The molecule has 1 N–H and O–H groups in total. The van der Waals surface area contributed by atoms with Crippen LogP contribution in [0, 0.1) is 17.8 Å². The molecule has 1 saturated carbocycles. The molecule has 8 heteroatoms. The van der Waals surface area contributed by atoms with Crippen LogP contribution in [0.25, 0.3) is 11.2 Å². The number of Topliss-reactive ketones (excluding diaryl/α,β-unsaturated/α-hetero) is 3. The summed E-state index contributed by atoms with van der Waals surface area (Å²) in [5, 5.41) is 0. The lowest BCUT2D eigenvalue weighted by Crippen LogP contribution is -2.31. The van der Waals surface area contributed by atoms with Crippen molar-refractivity contribution in [1.82, 2.24) is 19.5 Å². The largest absolute Gasteiger partial charge is 0.311 e. The van der Waals surface area contributed by atoms with E-state index in [4.69, 9.17) is 0 Å². The van der Waals surface area contributed by atoms with E-state index in [0.29, 0.717) is 12.1 Å². The molecule has 0 bridgehead atoms. The van der Waals surface area contributed by atoms with Crippen LogP contribution in [0.4, 0.5) is 0 Å². The summed E-state index contributed by atoms with van der Waals surface area (Å²) in [5.41, 5.74) is 0.217. The average Bonchev–Trinajstić information content (AvgIpc) is 3.08. The van der Waals surface area contributed by atoms with Crippen molar-refractivity contribution in [2.45, 2.75) is 39.7 Å². The van der Waals surface area contributed by atoms with E-state index in [1.807, 2.05) is 0 Å². The predicted molar refractivity (Wildman–Crippen MR) is 88.9 cm³/mol. The Kier molecular flexibility index (Phi) is 4.36. The molecule has 0 amide bonds. The quantitative estimate of drug-likeness (QED) is 0.867. The van der Waals surface area contributed by atoms with E-state index < -0.39 is 11.8 Å². The molecule has 0 saturated heterocycles. The number of carbonyl (C=O) groups excluding carboxylic acids is 3. The fourth-order valence-electron chi connectivity index (χ4n) is 4.22. The first kappa shape index (κ1) is 17.2. The third kappa shape index (κ3) is 2.92. The Balaban J connectivity index is 2.11. The molecule has 0 spiro atoms. The van der Waals surface area contributed by atoms with Crippen molar-refractivity contribution < 1.29 is 14.4 Å². The number of aromatic nitrogens is 4. The number of nitrogens with one attached hydrogen (secondary N) is 1. The van der Waals surface area contributed by atoms with Crippen LogP contribution in [0.3, 0.4) is 0 Å². The molecule has 0 radical (unpaired) electrons. The molecular formula is C17H20N4O4. The van der Waals surface area contributed by atoms with Gasteiger partial charge in [-0.2, -0.15) is 0 Å². The number of hydrogen-bond donors (Lipinski definition) is 1. The zero-order chi connectivity index (χ0) is 18.3. The smallest absolute Gasteiger partial charge is 0.278 e. The molecular weight excluding hydrogens is 324 g/mol. The highest BCUT2D eigenvalue weighted by Gasteiger charge is 2.49. The molecule has 0 unspecified atom stereocenters. The van der Waals surface area contributed by atoms with Gasteiger partial charge in [0.2, 0.25) is 0 Å². The Morgan fingerprint density at radius 2 is 1.84 bits per heavy atom. The summed E-state index contributed by atoms with van der Waals surface area (Å²) in [6, 6.07) is -0.352. The van der Waals surface area contributed by atoms with Gasteiger partial charge in [0, 0.05) is 24.3 Å². The monoisotopic (exact) mass is 344 g/mol. The second-order valence-corrected chi connectivity index (χ2v) is 6.80. The molecule has 25 heavy (non-hydrogen) atoms. The lowest BCUT2D eigenvalue weighted by atomic mass is 9.81. The average molecular weight is 344 g/mol. The van der Waals surface area contributed by atoms with E-state index >= 15 is 0 Å². The van der Waals surface area contributed by atoms with E-state index in [2.05, 4.69) is 15.0 Å². The number of hydrogen-bond acceptors (Lipinski definition) is 6. The van der Waals surface area contributed by atoms with Gasteiger partial charge in [-0.25, -0.2) is 9.97 Å². The van der Waals surface area contributed by atoms with E-state index in [0.717, 1.165) is 0 Å². The van der Waals surface area contributed by atoms with E-state index in [-0.39, 0.29) is 46.8 Å². The number of aromatic amines is 1. The first-order valence-electron chi connectivity index (χ1n) is 8.21. The van der Waals surface area contributed by atoms with Crippen LogP contribution in [0.1, 0.15) is 39.7 Å². The fraction of sp³-hybridized carbons (Fsp3) is 0.529. The standard InChI is InChI=1S/C17H20N4O4/c1-8(22)4-11-5-12(14(10(3)24)13(11)9(2)23)21-7-20-15-16(21)18-6-19-17(15)25/h6-7,11-14H,4-5H2,1-3H3,(H,18,19,25)/t11-,12+,13-,14+/m1/s1. The summed E-state index contributed by atoms with van der Waals surface area (Å²) in [4.78, 5) is 58.8. The number of imidazole rings is 1. The molecule has 1 aliphatic carbocycles. The van der Waals surface area contributed by atoms with Crippen LogP contribution >= 0.6 is 0 Å². The first-order valence-corrected chi connectivity index (χ1v) is 8.21. The minimum Gasteiger partial charge on any atom is -0.311 e.